The first-order valence-electron chi connectivity index (χ1n) is 8.22. The Morgan fingerprint density at radius 3 is 2.70 bits per heavy atom. The number of rotatable bonds is 7. The summed E-state index contributed by atoms with van der Waals surface area (Å²) in [5.74, 6) is 0.0576. The molecular weight excluding hydrogens is 288 g/mol. The van der Waals surface area contributed by atoms with Crippen molar-refractivity contribution < 1.29 is 4.79 Å². The van der Waals surface area contributed by atoms with E-state index >= 15 is 0 Å². The first-order chi connectivity index (χ1) is 11.1. The minimum absolute atomic E-state index is 0.0576. The molecule has 5 heteroatoms. The van der Waals surface area contributed by atoms with Crippen LogP contribution in [0.25, 0.3) is 0 Å². The summed E-state index contributed by atoms with van der Waals surface area (Å²) in [7, 11) is 0. The van der Waals surface area contributed by atoms with Gasteiger partial charge in [0.25, 0.3) is 0 Å². The monoisotopic (exact) mass is 312 g/mol. The van der Waals surface area contributed by atoms with Crippen molar-refractivity contribution in [3.63, 3.8) is 0 Å². The van der Waals surface area contributed by atoms with Crippen LogP contribution in [0.15, 0.2) is 42.7 Å². The summed E-state index contributed by atoms with van der Waals surface area (Å²) < 4.78 is 1.91. The minimum atomic E-state index is -0.330. The highest BCUT2D eigenvalue weighted by Gasteiger charge is 2.29. The Balaban J connectivity index is 1.68. The third kappa shape index (κ3) is 4.42. The molecule has 1 aromatic heterocycles. The maximum atomic E-state index is 12.6. The van der Waals surface area contributed by atoms with Gasteiger partial charge >= 0.3 is 0 Å². The van der Waals surface area contributed by atoms with Gasteiger partial charge in [0.05, 0.1) is 12.7 Å². The average molecular weight is 312 g/mol. The zero-order valence-electron chi connectivity index (χ0n) is 13.7. The van der Waals surface area contributed by atoms with E-state index in [2.05, 4.69) is 22.7 Å². The van der Waals surface area contributed by atoms with Crippen molar-refractivity contribution in [2.75, 3.05) is 0 Å². The topological polar surface area (TPSA) is 59.0 Å². The van der Waals surface area contributed by atoms with E-state index in [-0.39, 0.29) is 18.0 Å². The molecule has 1 aliphatic carbocycles. The van der Waals surface area contributed by atoms with Crippen molar-refractivity contribution in [2.45, 2.75) is 51.4 Å². The summed E-state index contributed by atoms with van der Waals surface area (Å²) in [6.45, 7) is 4.84. The molecule has 0 saturated heterocycles. The van der Waals surface area contributed by atoms with Crippen LogP contribution in [0.2, 0.25) is 0 Å². The summed E-state index contributed by atoms with van der Waals surface area (Å²) in [6, 6.07) is 10.1. The quantitative estimate of drug-likeness (QED) is 0.824. The van der Waals surface area contributed by atoms with Crippen LogP contribution in [0, 0.1) is 6.92 Å². The molecule has 1 heterocycles. The fraction of sp³-hybridized carbons (Fsp3) is 0.444. The summed E-state index contributed by atoms with van der Waals surface area (Å²) in [5.41, 5.74) is 2.14. The molecule has 0 bridgehead atoms. The molecule has 0 radical (unpaired) electrons. The number of aromatic nitrogens is 2. The van der Waals surface area contributed by atoms with Crippen LogP contribution < -0.4 is 10.6 Å². The zero-order valence-corrected chi connectivity index (χ0v) is 13.7. The van der Waals surface area contributed by atoms with Crippen molar-refractivity contribution in [1.82, 2.24) is 20.4 Å². The predicted molar refractivity (Wildman–Crippen MR) is 89.9 cm³/mol. The number of amides is 1. The highest BCUT2D eigenvalue weighted by atomic mass is 16.2. The van der Waals surface area contributed by atoms with E-state index < -0.39 is 0 Å². The van der Waals surface area contributed by atoms with Crippen LogP contribution in [0.3, 0.4) is 0 Å². The van der Waals surface area contributed by atoms with Crippen molar-refractivity contribution >= 4 is 5.91 Å². The standard InChI is InChI=1S/C18H24N4O/c1-13-10-19-22(11-13)12-14(2)20-17(15-6-4-3-5-7-15)18(23)21-16-8-9-16/h3-7,10-11,14,16-17,20H,8-9,12H2,1-2H3,(H,21,23)/t14-,17+/m1/s1. The highest BCUT2D eigenvalue weighted by molar-refractivity contribution is 5.83. The maximum absolute atomic E-state index is 12.6. The van der Waals surface area contributed by atoms with Gasteiger partial charge in [-0.1, -0.05) is 30.3 Å². The molecule has 0 spiro atoms. The van der Waals surface area contributed by atoms with Crippen LogP contribution in [0.5, 0.6) is 0 Å². The summed E-state index contributed by atoms with van der Waals surface area (Å²) in [6.07, 6.45) is 6.05. The van der Waals surface area contributed by atoms with Gasteiger partial charge in [-0.3, -0.25) is 14.8 Å². The number of hydrogen-bond acceptors (Lipinski definition) is 3. The lowest BCUT2D eigenvalue weighted by Gasteiger charge is -2.23. The highest BCUT2D eigenvalue weighted by Crippen LogP contribution is 2.21. The molecule has 2 aromatic rings. The molecule has 2 atom stereocenters. The van der Waals surface area contributed by atoms with Gasteiger partial charge < -0.3 is 5.32 Å². The SMILES string of the molecule is Cc1cnn(C[C@@H](C)N[C@H](C(=O)NC2CC2)c2ccccc2)c1. The fourth-order valence-electron chi connectivity index (χ4n) is 2.67. The van der Waals surface area contributed by atoms with Crippen molar-refractivity contribution in [1.29, 1.82) is 0 Å². The smallest absolute Gasteiger partial charge is 0.241 e. The van der Waals surface area contributed by atoms with E-state index in [0.29, 0.717) is 6.04 Å². The van der Waals surface area contributed by atoms with Crippen molar-refractivity contribution in [3.05, 3.63) is 53.9 Å². The number of carbonyl (C=O) groups is 1. The molecule has 122 valence electrons. The average Bonchev–Trinajstić information content (AvgIpc) is 3.26. The first kappa shape index (κ1) is 15.7. The molecule has 3 rings (SSSR count). The Morgan fingerprint density at radius 2 is 2.09 bits per heavy atom. The van der Waals surface area contributed by atoms with Gasteiger partial charge in [-0.2, -0.15) is 5.10 Å². The Morgan fingerprint density at radius 1 is 1.35 bits per heavy atom. The van der Waals surface area contributed by atoms with E-state index in [0.717, 1.165) is 30.5 Å². The van der Waals surface area contributed by atoms with E-state index in [1.807, 2.05) is 54.3 Å². The lowest BCUT2D eigenvalue weighted by molar-refractivity contribution is -0.123. The molecule has 1 fully saturated rings. The van der Waals surface area contributed by atoms with Crippen LogP contribution in [-0.2, 0) is 11.3 Å². The number of benzene rings is 1. The van der Waals surface area contributed by atoms with Crippen LogP contribution >= 0.6 is 0 Å². The van der Waals surface area contributed by atoms with E-state index in [9.17, 15) is 4.79 Å². The Kier molecular flexibility index (Phi) is 4.76. The number of nitrogens with zero attached hydrogens (tertiary/aromatic N) is 2. The molecule has 5 nitrogen and oxygen atoms in total. The third-order valence-corrected chi connectivity index (χ3v) is 3.99. The molecule has 1 aromatic carbocycles. The van der Waals surface area contributed by atoms with Gasteiger partial charge in [0.1, 0.15) is 6.04 Å². The fourth-order valence-corrected chi connectivity index (χ4v) is 2.67. The Hall–Kier alpha value is -2.14. The summed E-state index contributed by atoms with van der Waals surface area (Å²) in [5, 5.41) is 10.9. The Labute approximate surface area is 137 Å². The number of nitrogens with one attached hydrogen (secondary N) is 2. The largest absolute Gasteiger partial charge is 0.352 e. The second-order valence-corrected chi connectivity index (χ2v) is 6.43. The lowest BCUT2D eigenvalue weighted by Crippen LogP contribution is -2.43. The van der Waals surface area contributed by atoms with Crippen molar-refractivity contribution in [2.24, 2.45) is 0 Å². The molecule has 0 unspecified atom stereocenters. The zero-order chi connectivity index (χ0) is 16.2. The molecular formula is C18H24N4O. The van der Waals surface area contributed by atoms with Gasteiger partial charge in [-0.15, -0.1) is 0 Å². The van der Waals surface area contributed by atoms with Gasteiger partial charge in [-0.05, 0) is 37.8 Å². The second kappa shape index (κ2) is 6.96. The van der Waals surface area contributed by atoms with Gasteiger partial charge in [0.2, 0.25) is 5.91 Å². The van der Waals surface area contributed by atoms with Crippen LogP contribution in [0.1, 0.15) is 36.9 Å². The molecule has 1 aliphatic rings. The third-order valence-electron chi connectivity index (χ3n) is 3.99. The minimum Gasteiger partial charge on any atom is -0.352 e. The lowest BCUT2D eigenvalue weighted by atomic mass is 10.1. The second-order valence-electron chi connectivity index (χ2n) is 6.43. The van der Waals surface area contributed by atoms with Crippen molar-refractivity contribution in [3.8, 4) is 0 Å². The number of aryl methyl sites for hydroxylation is 1. The van der Waals surface area contributed by atoms with Crippen LogP contribution in [-0.4, -0.2) is 27.8 Å². The maximum Gasteiger partial charge on any atom is 0.241 e. The normalized spacial score (nSPS) is 16.8. The molecule has 2 N–H and O–H groups in total. The predicted octanol–water partition coefficient (Wildman–Crippen LogP) is 2.19. The summed E-state index contributed by atoms with van der Waals surface area (Å²) in [4.78, 5) is 12.6. The molecule has 1 amide bonds. The van der Waals surface area contributed by atoms with Gasteiger partial charge in [0, 0.05) is 18.3 Å². The first-order valence-corrected chi connectivity index (χ1v) is 8.22. The molecule has 0 aliphatic heterocycles. The number of carbonyl (C=O) groups excluding carboxylic acids is 1. The van der Waals surface area contributed by atoms with Crippen LogP contribution in [0.4, 0.5) is 0 Å². The van der Waals surface area contributed by atoms with E-state index in [1.54, 1.807) is 0 Å². The van der Waals surface area contributed by atoms with Gasteiger partial charge in [-0.25, -0.2) is 0 Å². The summed E-state index contributed by atoms with van der Waals surface area (Å²) >= 11 is 0. The van der Waals surface area contributed by atoms with Gasteiger partial charge in [0.15, 0.2) is 0 Å². The molecule has 1 saturated carbocycles. The molecule has 23 heavy (non-hydrogen) atoms. The van der Waals surface area contributed by atoms with E-state index in [4.69, 9.17) is 0 Å². The number of hydrogen-bond donors (Lipinski definition) is 2. The Bertz CT molecular complexity index is 648. The van der Waals surface area contributed by atoms with E-state index in [1.165, 1.54) is 0 Å².